The van der Waals surface area contributed by atoms with Crippen molar-refractivity contribution in [2.24, 2.45) is 0 Å². The highest BCUT2D eigenvalue weighted by atomic mass is 35.5. The van der Waals surface area contributed by atoms with Crippen molar-refractivity contribution in [1.29, 1.82) is 0 Å². The summed E-state index contributed by atoms with van der Waals surface area (Å²) in [4.78, 5) is 0. The maximum Gasteiger partial charge on any atom is 0.0652 e. The fourth-order valence-corrected chi connectivity index (χ4v) is 8.43. The van der Waals surface area contributed by atoms with Gasteiger partial charge in [0.25, 0.3) is 0 Å². The van der Waals surface area contributed by atoms with Gasteiger partial charge in [0.1, 0.15) is 0 Å². The first-order valence-electron chi connectivity index (χ1n) is 19.3. The largest absolute Gasteiger partial charge is 0.308 e. The Balaban J connectivity index is 1.07. The zero-order chi connectivity index (χ0) is 37.4. The Hall–Kier alpha value is -6.67. The van der Waals surface area contributed by atoms with Crippen LogP contribution in [0.25, 0.3) is 88.7 Å². The lowest BCUT2D eigenvalue weighted by Crippen LogP contribution is -1.95. The first-order chi connectivity index (χ1) is 27.7. The van der Waals surface area contributed by atoms with Crippen molar-refractivity contribution in [2.75, 3.05) is 0 Å². The summed E-state index contributed by atoms with van der Waals surface area (Å²) in [5.74, 6) is 0. The quantitative estimate of drug-likeness (QED) is 0.154. The Bertz CT molecular complexity index is 2910. The minimum Gasteiger partial charge on any atom is -0.308 e. The van der Waals surface area contributed by atoms with E-state index in [9.17, 15) is 0 Å². The van der Waals surface area contributed by atoms with Crippen LogP contribution >= 0.6 is 11.6 Å². The van der Waals surface area contributed by atoms with Crippen LogP contribution in [-0.2, 0) is 0 Å². The van der Waals surface area contributed by atoms with Crippen LogP contribution in [0.2, 0.25) is 5.02 Å². The maximum absolute atomic E-state index is 7.27. The van der Waals surface area contributed by atoms with E-state index in [4.69, 9.17) is 11.6 Å². The molecule has 0 atom stereocenters. The van der Waals surface area contributed by atoms with Crippen molar-refractivity contribution in [3.8, 4) is 61.3 Å². The summed E-state index contributed by atoms with van der Waals surface area (Å²) in [6.07, 6.45) is 9.06. The highest BCUT2D eigenvalue weighted by Crippen LogP contribution is 2.40. The molecule has 0 radical (unpaired) electrons. The molecule has 266 valence electrons. The highest BCUT2D eigenvalue weighted by Gasteiger charge is 2.17. The Kier molecular flexibility index (Phi) is 8.78. The predicted octanol–water partition coefficient (Wildman–Crippen LogP) is 15.5. The van der Waals surface area contributed by atoms with E-state index in [0.29, 0.717) is 5.02 Å². The first-order valence-corrected chi connectivity index (χ1v) is 19.7. The Morgan fingerprint density at radius 3 is 1.20 bits per heavy atom. The summed E-state index contributed by atoms with van der Waals surface area (Å²) in [6.45, 7) is 0. The van der Waals surface area contributed by atoms with Gasteiger partial charge in [0, 0.05) is 10.8 Å². The van der Waals surface area contributed by atoms with E-state index < -0.39 is 0 Å². The Labute approximate surface area is 333 Å². The fourth-order valence-electron chi connectivity index (χ4n) is 8.16. The molecule has 0 unspecified atom stereocenters. The molecule has 1 heterocycles. The van der Waals surface area contributed by atoms with Crippen molar-refractivity contribution in [3.63, 3.8) is 0 Å². The van der Waals surface area contributed by atoms with Crippen molar-refractivity contribution in [2.45, 2.75) is 12.8 Å². The second-order valence-corrected chi connectivity index (χ2v) is 15.0. The summed E-state index contributed by atoms with van der Waals surface area (Å²) in [5.41, 5.74) is 17.6. The summed E-state index contributed by atoms with van der Waals surface area (Å²) < 4.78 is 2.33. The smallest absolute Gasteiger partial charge is 0.0652 e. The minimum absolute atomic E-state index is 0.708. The van der Waals surface area contributed by atoms with Crippen LogP contribution in [0.1, 0.15) is 18.4 Å². The van der Waals surface area contributed by atoms with E-state index in [-0.39, 0.29) is 0 Å². The van der Waals surface area contributed by atoms with Gasteiger partial charge in [-0.3, -0.25) is 0 Å². The Morgan fingerprint density at radius 2 is 0.750 bits per heavy atom. The normalized spacial score (nSPS) is 12.6. The van der Waals surface area contributed by atoms with Crippen LogP contribution in [0.3, 0.4) is 0 Å². The fraction of sp³-hybridized carbons (Fsp3) is 0.0370. The molecule has 1 aromatic heterocycles. The monoisotopic (exact) mass is 735 g/mol. The van der Waals surface area contributed by atoms with Gasteiger partial charge in [0.15, 0.2) is 0 Å². The lowest BCUT2D eigenvalue weighted by molar-refractivity contribution is 1.04. The molecule has 0 saturated heterocycles. The molecule has 8 aromatic carbocycles. The van der Waals surface area contributed by atoms with Gasteiger partial charge in [-0.05, 0) is 116 Å². The first kappa shape index (κ1) is 33.9. The predicted molar refractivity (Wildman–Crippen MR) is 239 cm³/mol. The molecule has 1 aliphatic rings. The van der Waals surface area contributed by atoms with E-state index in [1.807, 2.05) is 6.07 Å². The van der Waals surface area contributed by atoms with E-state index in [2.05, 4.69) is 205 Å². The lowest BCUT2D eigenvalue weighted by atomic mass is 9.96. The third-order valence-corrected chi connectivity index (χ3v) is 11.5. The topological polar surface area (TPSA) is 4.93 Å². The molecule has 0 spiro atoms. The molecule has 0 fully saturated rings. The molecule has 0 saturated carbocycles. The van der Waals surface area contributed by atoms with Gasteiger partial charge in [-0.25, -0.2) is 0 Å². The second kappa shape index (κ2) is 14.5. The molecule has 0 amide bonds. The average Bonchev–Trinajstić information content (AvgIpc) is 3.60. The zero-order valence-corrected chi connectivity index (χ0v) is 31.6. The molecule has 2 heteroatoms. The second-order valence-electron chi connectivity index (χ2n) is 14.6. The van der Waals surface area contributed by atoms with Gasteiger partial charge in [0.2, 0.25) is 0 Å². The molecule has 0 bridgehead atoms. The van der Waals surface area contributed by atoms with Gasteiger partial charge < -0.3 is 4.57 Å². The molecule has 9 aromatic rings. The van der Waals surface area contributed by atoms with Gasteiger partial charge in [-0.1, -0.05) is 181 Å². The van der Waals surface area contributed by atoms with Crippen molar-refractivity contribution in [1.82, 2.24) is 4.57 Å². The lowest BCUT2D eigenvalue weighted by Gasteiger charge is -2.13. The highest BCUT2D eigenvalue weighted by molar-refractivity contribution is 6.33. The molecule has 56 heavy (non-hydrogen) atoms. The zero-order valence-electron chi connectivity index (χ0n) is 30.9. The van der Waals surface area contributed by atoms with Crippen molar-refractivity contribution in [3.05, 3.63) is 217 Å². The summed E-state index contributed by atoms with van der Waals surface area (Å²) >= 11 is 7.27. The van der Waals surface area contributed by atoms with Gasteiger partial charge in [-0.2, -0.15) is 0 Å². The average molecular weight is 736 g/mol. The number of aromatic nitrogens is 1. The number of allylic oxidation sites excluding steroid dienone is 4. The van der Waals surface area contributed by atoms with E-state index in [0.717, 1.165) is 40.7 Å². The number of halogens is 1. The minimum atomic E-state index is 0.708. The number of hydrogen-bond donors (Lipinski definition) is 0. The van der Waals surface area contributed by atoms with Gasteiger partial charge in [-0.15, -0.1) is 0 Å². The standard InChI is InChI=1S/C54H38ClN/c55-51-36-48(45-26-20-42(21-27-45)39-14-8-3-9-15-39)30-33-54(51)56-52-31-28-46(43-22-16-40(17-23-43)37-10-4-1-5-11-37)34-49(52)50-35-47(29-32-53(50)56)44-24-18-41(19-25-44)38-12-6-2-7-13-38/h1,3-6,8-36H,2,7H2. The van der Waals surface area contributed by atoms with E-state index >= 15 is 0 Å². The van der Waals surface area contributed by atoms with Crippen LogP contribution in [0.15, 0.2) is 206 Å². The third-order valence-electron chi connectivity index (χ3n) is 11.2. The molecule has 1 aliphatic carbocycles. The third kappa shape index (κ3) is 6.37. The van der Waals surface area contributed by atoms with E-state index in [1.54, 1.807) is 0 Å². The SMILES string of the molecule is Clc1cc(-c2ccc(-c3ccccc3)cc2)ccc1-n1c2ccc(-c3ccc(C4=CCCC=C4)cc3)cc2c2cc(-c3ccc(-c4ccccc4)cc3)ccc21. The van der Waals surface area contributed by atoms with Gasteiger partial charge in [0.05, 0.1) is 21.7 Å². The van der Waals surface area contributed by atoms with Crippen LogP contribution in [0, 0.1) is 0 Å². The maximum atomic E-state index is 7.27. The van der Waals surface area contributed by atoms with Gasteiger partial charge >= 0.3 is 0 Å². The van der Waals surface area contributed by atoms with Crippen LogP contribution in [-0.4, -0.2) is 4.57 Å². The molecular formula is C54H38ClN. The summed E-state index contributed by atoms with van der Waals surface area (Å²) in [5, 5.41) is 3.09. The summed E-state index contributed by atoms with van der Waals surface area (Å²) in [6, 6.07) is 67.8. The molecule has 0 aliphatic heterocycles. The molecular weight excluding hydrogens is 698 g/mol. The number of hydrogen-bond acceptors (Lipinski definition) is 0. The summed E-state index contributed by atoms with van der Waals surface area (Å²) in [7, 11) is 0. The Morgan fingerprint density at radius 1 is 0.357 bits per heavy atom. The molecule has 1 nitrogen and oxygen atoms in total. The molecule has 10 rings (SSSR count). The van der Waals surface area contributed by atoms with Crippen LogP contribution in [0.5, 0.6) is 0 Å². The molecule has 0 N–H and O–H groups in total. The number of benzene rings is 8. The van der Waals surface area contributed by atoms with Crippen molar-refractivity contribution < 1.29 is 0 Å². The van der Waals surface area contributed by atoms with E-state index in [1.165, 1.54) is 66.4 Å². The number of nitrogens with zero attached hydrogens (tertiary/aromatic N) is 1. The number of rotatable bonds is 7. The number of fused-ring (bicyclic) bond motifs is 3. The van der Waals surface area contributed by atoms with Crippen LogP contribution in [0.4, 0.5) is 0 Å². The van der Waals surface area contributed by atoms with Crippen LogP contribution < -0.4 is 0 Å². The van der Waals surface area contributed by atoms with Crippen molar-refractivity contribution >= 4 is 39.0 Å².